The molecule has 1 heterocycles. The molecule has 2 amide bonds. The molecule has 11 heteroatoms. The standard InChI is InChI=1S/C26H28F2N4O5/c1-2-3-4-23-29-14-22(32(23)15-16-5-8-18(9-6-16)26(35)36)25(34)30-19(13-24(33)31-37)11-17-7-10-20(27)21(28)12-17/h5-10,12,14,19,37H,2-4,11,13,15H2,1H3,(H,30,34)(H,31,33)(H,35,36)/t19-/m0/s1. The van der Waals surface area contributed by atoms with Crippen LogP contribution in [0.5, 0.6) is 0 Å². The Morgan fingerprint density at radius 1 is 1.05 bits per heavy atom. The van der Waals surface area contributed by atoms with Crippen molar-refractivity contribution in [3.8, 4) is 0 Å². The van der Waals surface area contributed by atoms with E-state index in [1.54, 1.807) is 16.7 Å². The Labute approximate surface area is 212 Å². The van der Waals surface area contributed by atoms with Crippen molar-refractivity contribution in [3.63, 3.8) is 0 Å². The molecule has 3 aromatic rings. The van der Waals surface area contributed by atoms with Crippen molar-refractivity contribution in [1.29, 1.82) is 0 Å². The number of halogens is 2. The maximum absolute atomic E-state index is 13.7. The van der Waals surface area contributed by atoms with Crippen LogP contribution in [0.3, 0.4) is 0 Å². The molecule has 0 saturated carbocycles. The molecular weight excluding hydrogens is 486 g/mol. The number of imidazole rings is 1. The molecule has 9 nitrogen and oxygen atoms in total. The topological polar surface area (TPSA) is 134 Å². The molecule has 0 aliphatic rings. The molecule has 0 unspecified atom stereocenters. The van der Waals surface area contributed by atoms with Gasteiger partial charge in [-0.15, -0.1) is 0 Å². The zero-order valence-electron chi connectivity index (χ0n) is 20.2. The van der Waals surface area contributed by atoms with Crippen molar-refractivity contribution in [2.24, 2.45) is 0 Å². The lowest BCUT2D eigenvalue weighted by Gasteiger charge is -2.19. The number of carbonyl (C=O) groups is 3. The second kappa shape index (κ2) is 12.7. The third-order valence-corrected chi connectivity index (χ3v) is 5.82. The predicted octanol–water partition coefficient (Wildman–Crippen LogP) is 3.49. The Morgan fingerprint density at radius 3 is 2.38 bits per heavy atom. The number of benzene rings is 2. The molecule has 0 radical (unpaired) electrons. The Kier molecular flexibility index (Phi) is 9.45. The second-order valence-electron chi connectivity index (χ2n) is 8.61. The van der Waals surface area contributed by atoms with Crippen molar-refractivity contribution in [1.82, 2.24) is 20.3 Å². The summed E-state index contributed by atoms with van der Waals surface area (Å²) in [6, 6.07) is 8.72. The van der Waals surface area contributed by atoms with Gasteiger partial charge in [0.2, 0.25) is 5.91 Å². The molecule has 1 aromatic heterocycles. The summed E-state index contributed by atoms with van der Waals surface area (Å²) < 4.78 is 28.7. The number of aromatic nitrogens is 2. The smallest absolute Gasteiger partial charge is 0.335 e. The molecule has 196 valence electrons. The van der Waals surface area contributed by atoms with Gasteiger partial charge in [-0.3, -0.25) is 14.8 Å². The van der Waals surface area contributed by atoms with Crippen molar-refractivity contribution >= 4 is 17.8 Å². The van der Waals surface area contributed by atoms with E-state index in [2.05, 4.69) is 10.3 Å². The van der Waals surface area contributed by atoms with Crippen LogP contribution in [0.1, 0.15) is 64.0 Å². The summed E-state index contributed by atoms with van der Waals surface area (Å²) in [5.41, 5.74) is 2.98. The molecule has 0 aliphatic heterocycles. The van der Waals surface area contributed by atoms with Crippen molar-refractivity contribution < 1.29 is 33.5 Å². The van der Waals surface area contributed by atoms with E-state index in [0.717, 1.165) is 30.5 Å². The van der Waals surface area contributed by atoms with Crippen molar-refractivity contribution in [2.75, 3.05) is 0 Å². The molecule has 0 spiro atoms. The number of hydroxylamine groups is 1. The lowest BCUT2D eigenvalue weighted by Crippen LogP contribution is -2.41. The Bertz CT molecular complexity index is 1260. The van der Waals surface area contributed by atoms with Crippen molar-refractivity contribution in [3.05, 3.63) is 88.5 Å². The van der Waals surface area contributed by atoms with E-state index < -0.39 is 35.5 Å². The molecule has 2 aromatic carbocycles. The summed E-state index contributed by atoms with van der Waals surface area (Å²) in [6.07, 6.45) is 3.48. The highest BCUT2D eigenvalue weighted by molar-refractivity contribution is 5.93. The van der Waals surface area contributed by atoms with Gasteiger partial charge in [0.15, 0.2) is 11.6 Å². The minimum absolute atomic E-state index is 0.00381. The molecule has 0 saturated heterocycles. The fourth-order valence-electron chi connectivity index (χ4n) is 3.90. The van der Waals surface area contributed by atoms with Gasteiger partial charge in [-0.05, 0) is 48.2 Å². The summed E-state index contributed by atoms with van der Waals surface area (Å²) >= 11 is 0. The van der Waals surface area contributed by atoms with Gasteiger partial charge in [-0.25, -0.2) is 24.0 Å². The number of unbranched alkanes of at least 4 members (excludes halogenated alkanes) is 1. The molecule has 0 fully saturated rings. The van der Waals surface area contributed by atoms with Crippen LogP contribution >= 0.6 is 0 Å². The van der Waals surface area contributed by atoms with E-state index in [-0.39, 0.29) is 30.6 Å². The quantitative estimate of drug-likeness (QED) is 0.216. The molecule has 37 heavy (non-hydrogen) atoms. The number of aryl methyl sites for hydroxylation is 1. The van der Waals surface area contributed by atoms with Gasteiger partial charge >= 0.3 is 5.97 Å². The van der Waals surface area contributed by atoms with E-state index in [1.165, 1.54) is 29.9 Å². The van der Waals surface area contributed by atoms with Gasteiger partial charge in [-0.2, -0.15) is 0 Å². The number of carboxylic acid groups (broad SMARTS) is 1. The molecule has 4 N–H and O–H groups in total. The largest absolute Gasteiger partial charge is 0.478 e. The number of nitrogens with one attached hydrogen (secondary N) is 2. The van der Waals surface area contributed by atoms with Gasteiger partial charge in [0.05, 0.1) is 11.8 Å². The molecule has 3 rings (SSSR count). The number of aromatic carboxylic acids is 1. The number of carbonyl (C=O) groups excluding carboxylic acids is 2. The minimum Gasteiger partial charge on any atom is -0.478 e. The average Bonchev–Trinajstić information content (AvgIpc) is 3.27. The number of nitrogens with zero attached hydrogens (tertiary/aromatic N) is 2. The summed E-state index contributed by atoms with van der Waals surface area (Å²) in [7, 11) is 0. The highest BCUT2D eigenvalue weighted by atomic mass is 19.2. The van der Waals surface area contributed by atoms with Gasteiger partial charge < -0.3 is 15.0 Å². The molecule has 1 atom stereocenters. The van der Waals surface area contributed by atoms with Crippen LogP contribution in [0, 0.1) is 11.6 Å². The van der Waals surface area contributed by atoms with E-state index >= 15 is 0 Å². The predicted molar refractivity (Wildman–Crippen MR) is 129 cm³/mol. The fourth-order valence-corrected chi connectivity index (χ4v) is 3.90. The first kappa shape index (κ1) is 27.5. The van der Waals surface area contributed by atoms with E-state index in [0.29, 0.717) is 17.8 Å². The maximum Gasteiger partial charge on any atom is 0.335 e. The highest BCUT2D eigenvalue weighted by Gasteiger charge is 2.22. The van der Waals surface area contributed by atoms with Crippen LogP contribution in [-0.4, -0.2) is 43.7 Å². The van der Waals surface area contributed by atoms with Gasteiger partial charge in [0, 0.05) is 25.4 Å². The number of hydrogen-bond donors (Lipinski definition) is 4. The van der Waals surface area contributed by atoms with E-state index in [1.807, 2.05) is 6.92 Å². The molecular formula is C26H28F2N4O5. The summed E-state index contributed by atoms with van der Waals surface area (Å²) in [5, 5.41) is 20.8. The monoisotopic (exact) mass is 514 g/mol. The first-order valence-corrected chi connectivity index (χ1v) is 11.8. The first-order valence-electron chi connectivity index (χ1n) is 11.8. The second-order valence-corrected chi connectivity index (χ2v) is 8.61. The maximum atomic E-state index is 13.7. The van der Waals surface area contributed by atoms with E-state index in [4.69, 9.17) is 10.3 Å². The zero-order chi connectivity index (χ0) is 26.9. The third-order valence-electron chi connectivity index (χ3n) is 5.82. The lowest BCUT2D eigenvalue weighted by molar-refractivity contribution is -0.129. The Hall–Kier alpha value is -4.12. The van der Waals surface area contributed by atoms with E-state index in [9.17, 15) is 23.2 Å². The van der Waals surface area contributed by atoms with Crippen molar-refractivity contribution in [2.45, 2.75) is 51.6 Å². The van der Waals surface area contributed by atoms with Crippen LogP contribution in [-0.2, 0) is 24.2 Å². The lowest BCUT2D eigenvalue weighted by atomic mass is 10.0. The van der Waals surface area contributed by atoms with Gasteiger partial charge in [-0.1, -0.05) is 31.5 Å². The van der Waals surface area contributed by atoms with Gasteiger partial charge in [0.25, 0.3) is 5.91 Å². The van der Waals surface area contributed by atoms with Crippen LogP contribution in [0.4, 0.5) is 8.78 Å². The normalized spacial score (nSPS) is 11.7. The number of amides is 2. The molecule has 0 bridgehead atoms. The fraction of sp³-hybridized carbons (Fsp3) is 0.308. The average molecular weight is 515 g/mol. The Balaban J connectivity index is 1.86. The van der Waals surface area contributed by atoms with Gasteiger partial charge in [0.1, 0.15) is 11.5 Å². The number of carboxylic acids is 1. The number of rotatable bonds is 12. The van der Waals surface area contributed by atoms with Crippen LogP contribution in [0.25, 0.3) is 0 Å². The van der Waals surface area contributed by atoms with Crippen LogP contribution in [0.2, 0.25) is 0 Å². The Morgan fingerprint density at radius 2 is 1.76 bits per heavy atom. The number of hydrogen-bond acceptors (Lipinski definition) is 5. The minimum atomic E-state index is -1.05. The SMILES string of the molecule is CCCCc1ncc(C(=O)N[C@H](CC(=O)NO)Cc2ccc(F)c(F)c2)n1Cc1ccc(C(=O)O)cc1. The zero-order valence-corrected chi connectivity index (χ0v) is 20.2. The highest BCUT2D eigenvalue weighted by Crippen LogP contribution is 2.16. The molecule has 0 aliphatic carbocycles. The first-order chi connectivity index (χ1) is 17.7. The summed E-state index contributed by atoms with van der Waals surface area (Å²) in [4.78, 5) is 40.7. The summed E-state index contributed by atoms with van der Waals surface area (Å²) in [6.45, 7) is 2.28. The van der Waals surface area contributed by atoms with Crippen LogP contribution < -0.4 is 10.8 Å². The van der Waals surface area contributed by atoms with Crippen LogP contribution in [0.15, 0.2) is 48.7 Å². The summed E-state index contributed by atoms with van der Waals surface area (Å²) in [5.74, 6) is -3.75. The third kappa shape index (κ3) is 7.43.